The molecule has 0 aliphatic heterocycles. The molecule has 1 rings (SSSR count). The van der Waals surface area contributed by atoms with Crippen molar-refractivity contribution < 1.29 is 12.8 Å². The van der Waals surface area contributed by atoms with Crippen LogP contribution in [0.3, 0.4) is 0 Å². The van der Waals surface area contributed by atoms with E-state index in [1.165, 1.54) is 17.4 Å². The lowest BCUT2D eigenvalue weighted by molar-refractivity contribution is 0.393. The molecule has 0 aliphatic rings. The van der Waals surface area contributed by atoms with E-state index in [0.717, 1.165) is 5.75 Å². The van der Waals surface area contributed by atoms with E-state index < -0.39 is 10.0 Å². The summed E-state index contributed by atoms with van der Waals surface area (Å²) >= 11 is 1.59. The largest absolute Gasteiger partial charge is 0.447 e. The summed E-state index contributed by atoms with van der Waals surface area (Å²) in [7, 11) is -1.96. The molecular formula is C9H16N2O3S2. The minimum absolute atomic E-state index is 0.0449. The third kappa shape index (κ3) is 3.00. The van der Waals surface area contributed by atoms with Gasteiger partial charge < -0.3 is 10.2 Å². The van der Waals surface area contributed by atoms with E-state index >= 15 is 0 Å². The first kappa shape index (κ1) is 13.6. The van der Waals surface area contributed by atoms with Gasteiger partial charge >= 0.3 is 0 Å². The van der Waals surface area contributed by atoms with Crippen LogP contribution in [-0.4, -0.2) is 38.3 Å². The number of rotatable bonds is 6. The van der Waals surface area contributed by atoms with Gasteiger partial charge in [0.1, 0.15) is 5.76 Å². The zero-order valence-electron chi connectivity index (χ0n) is 9.34. The molecule has 0 spiro atoms. The maximum absolute atomic E-state index is 11.9. The van der Waals surface area contributed by atoms with Crippen LogP contribution in [0.1, 0.15) is 5.76 Å². The average molecular weight is 264 g/mol. The number of nitrogens with zero attached hydrogens (tertiary/aromatic N) is 1. The van der Waals surface area contributed by atoms with Crippen LogP contribution < -0.4 is 5.73 Å². The Morgan fingerprint density at radius 1 is 1.50 bits per heavy atom. The Hall–Kier alpha value is -0.500. The molecule has 1 heterocycles. The molecule has 0 amide bonds. The molecule has 5 nitrogen and oxygen atoms in total. The molecule has 0 saturated carbocycles. The van der Waals surface area contributed by atoms with Gasteiger partial charge in [0.15, 0.2) is 0 Å². The van der Waals surface area contributed by atoms with Crippen molar-refractivity contribution in [3.8, 4) is 0 Å². The first-order valence-corrected chi connectivity index (χ1v) is 7.60. The molecular weight excluding hydrogens is 248 g/mol. The van der Waals surface area contributed by atoms with Gasteiger partial charge in [0, 0.05) is 19.3 Å². The predicted molar refractivity (Wildman–Crippen MR) is 64.8 cm³/mol. The third-order valence-electron chi connectivity index (χ3n) is 2.11. The molecule has 92 valence electrons. The van der Waals surface area contributed by atoms with Crippen LogP contribution in [0.4, 0.5) is 0 Å². The highest BCUT2D eigenvalue weighted by Gasteiger charge is 2.23. The molecule has 1 aromatic rings. The van der Waals surface area contributed by atoms with E-state index in [4.69, 9.17) is 10.2 Å². The summed E-state index contributed by atoms with van der Waals surface area (Å²) in [6.07, 6.45) is 1.93. The van der Waals surface area contributed by atoms with E-state index in [0.29, 0.717) is 12.3 Å². The molecule has 0 radical (unpaired) electrons. The number of hydrogen-bond acceptors (Lipinski definition) is 5. The van der Waals surface area contributed by atoms with Gasteiger partial charge in [-0.25, -0.2) is 8.42 Å². The van der Waals surface area contributed by atoms with Crippen molar-refractivity contribution in [1.29, 1.82) is 0 Å². The number of sulfonamides is 1. The summed E-state index contributed by atoms with van der Waals surface area (Å²) in [6, 6.07) is 3.02. The molecule has 0 bridgehead atoms. The van der Waals surface area contributed by atoms with Crippen LogP contribution in [-0.2, 0) is 16.6 Å². The molecule has 0 aliphatic carbocycles. The highest BCUT2D eigenvalue weighted by Crippen LogP contribution is 2.17. The fourth-order valence-corrected chi connectivity index (χ4v) is 2.76. The van der Waals surface area contributed by atoms with Crippen molar-refractivity contribution in [2.45, 2.75) is 11.6 Å². The lowest BCUT2D eigenvalue weighted by atomic mass is 10.5. The standard InChI is InChI=1S/C9H16N2O3S2/c1-11(5-6-15-2)16(12,13)9-4-3-8(7-10)14-9/h3-4H,5-7,10H2,1-2H3. The van der Waals surface area contributed by atoms with E-state index in [1.807, 2.05) is 6.26 Å². The molecule has 1 aromatic heterocycles. The first-order valence-electron chi connectivity index (χ1n) is 4.76. The van der Waals surface area contributed by atoms with Gasteiger partial charge in [-0.3, -0.25) is 0 Å². The van der Waals surface area contributed by atoms with Crippen molar-refractivity contribution in [2.75, 3.05) is 25.6 Å². The van der Waals surface area contributed by atoms with E-state index in [2.05, 4.69) is 0 Å². The topological polar surface area (TPSA) is 76.5 Å². The van der Waals surface area contributed by atoms with Gasteiger partial charge in [0.25, 0.3) is 10.0 Å². The Morgan fingerprint density at radius 3 is 2.69 bits per heavy atom. The monoisotopic (exact) mass is 264 g/mol. The molecule has 0 unspecified atom stereocenters. The molecule has 0 fully saturated rings. The summed E-state index contributed by atoms with van der Waals surface area (Å²) in [4.78, 5) is 0. The van der Waals surface area contributed by atoms with Gasteiger partial charge in [-0.2, -0.15) is 16.1 Å². The van der Waals surface area contributed by atoms with Gasteiger partial charge in [-0.05, 0) is 18.4 Å². The normalized spacial score (nSPS) is 12.2. The summed E-state index contributed by atoms with van der Waals surface area (Å²) in [5.74, 6) is 1.22. The predicted octanol–water partition coefficient (Wildman–Crippen LogP) is 0.722. The number of thioether (sulfide) groups is 1. The molecule has 0 atom stereocenters. The molecule has 0 aromatic carbocycles. The van der Waals surface area contributed by atoms with Crippen LogP contribution in [0.2, 0.25) is 0 Å². The van der Waals surface area contributed by atoms with Crippen LogP contribution in [0.5, 0.6) is 0 Å². The van der Waals surface area contributed by atoms with Crippen molar-refractivity contribution in [3.63, 3.8) is 0 Å². The number of furan rings is 1. The van der Waals surface area contributed by atoms with E-state index in [-0.39, 0.29) is 11.6 Å². The number of hydrogen-bond donors (Lipinski definition) is 1. The smallest absolute Gasteiger partial charge is 0.276 e. The molecule has 16 heavy (non-hydrogen) atoms. The zero-order chi connectivity index (χ0) is 12.2. The van der Waals surface area contributed by atoms with E-state index in [1.54, 1.807) is 17.8 Å². The van der Waals surface area contributed by atoms with Crippen molar-refractivity contribution in [2.24, 2.45) is 5.73 Å². The van der Waals surface area contributed by atoms with Gasteiger partial charge in [-0.1, -0.05) is 0 Å². The van der Waals surface area contributed by atoms with Crippen LogP contribution >= 0.6 is 11.8 Å². The van der Waals surface area contributed by atoms with Gasteiger partial charge in [0.2, 0.25) is 5.09 Å². The second kappa shape index (κ2) is 5.72. The highest BCUT2D eigenvalue weighted by molar-refractivity contribution is 7.98. The Morgan fingerprint density at radius 2 is 2.19 bits per heavy atom. The Bertz CT molecular complexity index is 428. The molecule has 7 heteroatoms. The van der Waals surface area contributed by atoms with Gasteiger partial charge in [-0.15, -0.1) is 0 Å². The second-order valence-electron chi connectivity index (χ2n) is 3.24. The summed E-state index contributed by atoms with van der Waals surface area (Å²) in [6.45, 7) is 0.659. The Kier molecular flexibility index (Phi) is 4.85. The Balaban J connectivity index is 2.84. The Labute approximate surface area is 100 Å². The average Bonchev–Trinajstić information content (AvgIpc) is 2.74. The maximum Gasteiger partial charge on any atom is 0.276 e. The van der Waals surface area contributed by atoms with Gasteiger partial charge in [0.05, 0.1) is 6.54 Å². The van der Waals surface area contributed by atoms with Crippen molar-refractivity contribution in [1.82, 2.24) is 4.31 Å². The lowest BCUT2D eigenvalue weighted by Crippen LogP contribution is -2.28. The van der Waals surface area contributed by atoms with Crippen molar-refractivity contribution in [3.05, 3.63) is 17.9 Å². The fraction of sp³-hybridized carbons (Fsp3) is 0.556. The summed E-state index contributed by atoms with van der Waals surface area (Å²) < 4.78 is 30.3. The zero-order valence-corrected chi connectivity index (χ0v) is 11.0. The first-order chi connectivity index (χ1) is 7.52. The SMILES string of the molecule is CSCCN(C)S(=O)(=O)c1ccc(CN)o1. The highest BCUT2D eigenvalue weighted by atomic mass is 32.2. The molecule has 2 N–H and O–H groups in total. The summed E-state index contributed by atoms with van der Waals surface area (Å²) in [5.41, 5.74) is 5.36. The summed E-state index contributed by atoms with van der Waals surface area (Å²) in [5, 5.41) is -0.0449. The maximum atomic E-state index is 11.9. The van der Waals surface area contributed by atoms with Crippen molar-refractivity contribution >= 4 is 21.8 Å². The second-order valence-corrected chi connectivity index (χ2v) is 6.21. The van der Waals surface area contributed by atoms with Crippen LogP contribution in [0.15, 0.2) is 21.6 Å². The minimum atomic E-state index is -3.50. The third-order valence-corrected chi connectivity index (χ3v) is 4.43. The quantitative estimate of drug-likeness (QED) is 0.819. The molecule has 0 saturated heterocycles. The van der Waals surface area contributed by atoms with E-state index in [9.17, 15) is 8.42 Å². The van der Waals surface area contributed by atoms with Crippen LogP contribution in [0.25, 0.3) is 0 Å². The fourth-order valence-electron chi connectivity index (χ4n) is 1.10. The van der Waals surface area contributed by atoms with Crippen LogP contribution in [0, 0.1) is 0 Å². The lowest BCUT2D eigenvalue weighted by Gasteiger charge is -2.14. The number of nitrogens with two attached hydrogens (primary N) is 1. The minimum Gasteiger partial charge on any atom is -0.447 e.